The fourth-order valence-electron chi connectivity index (χ4n) is 3.68. The van der Waals surface area contributed by atoms with E-state index in [0.29, 0.717) is 24.3 Å². The van der Waals surface area contributed by atoms with Crippen LogP contribution >= 0.6 is 0 Å². The van der Waals surface area contributed by atoms with Crippen molar-refractivity contribution in [3.63, 3.8) is 0 Å². The molecule has 3 atom stereocenters. The molecule has 1 N–H and O–H groups in total. The van der Waals surface area contributed by atoms with E-state index in [1.165, 1.54) is 29.5 Å². The minimum absolute atomic E-state index is 0.268. The summed E-state index contributed by atoms with van der Waals surface area (Å²) in [5.74, 6) is 0.698. The van der Waals surface area contributed by atoms with E-state index in [4.69, 9.17) is 0 Å². The highest BCUT2D eigenvalue weighted by molar-refractivity contribution is 5.84. The molecule has 1 aromatic carbocycles. The van der Waals surface area contributed by atoms with Gasteiger partial charge in [0, 0.05) is 24.4 Å². The molecule has 1 aromatic rings. The quantitative estimate of drug-likeness (QED) is 0.884. The van der Waals surface area contributed by atoms with Crippen LogP contribution in [0, 0.1) is 19.8 Å². The normalized spacial score (nSPS) is 29.8. The summed E-state index contributed by atoms with van der Waals surface area (Å²) in [7, 11) is 0. The molecule has 0 spiro atoms. The SMILES string of the molecule is Cc1cc(C)cc(CC(=O)C2CC3CCC2N3)c1. The van der Waals surface area contributed by atoms with Crippen molar-refractivity contribution in [1.82, 2.24) is 5.32 Å². The van der Waals surface area contributed by atoms with Gasteiger partial charge in [0.25, 0.3) is 0 Å². The molecule has 2 bridgehead atoms. The van der Waals surface area contributed by atoms with Crippen molar-refractivity contribution in [3.05, 3.63) is 34.9 Å². The van der Waals surface area contributed by atoms with Crippen LogP contribution in [0.4, 0.5) is 0 Å². The van der Waals surface area contributed by atoms with Gasteiger partial charge in [0.2, 0.25) is 0 Å². The molecule has 2 heteroatoms. The molecule has 3 rings (SSSR count). The van der Waals surface area contributed by atoms with Gasteiger partial charge in [-0.25, -0.2) is 0 Å². The number of aryl methyl sites for hydroxylation is 2. The maximum atomic E-state index is 12.4. The van der Waals surface area contributed by atoms with Gasteiger partial charge in [0.05, 0.1) is 0 Å². The van der Waals surface area contributed by atoms with Gasteiger partial charge in [-0.3, -0.25) is 4.79 Å². The first-order chi connectivity index (χ1) is 8.61. The smallest absolute Gasteiger partial charge is 0.141 e. The Morgan fingerprint density at radius 1 is 1.22 bits per heavy atom. The molecule has 0 aromatic heterocycles. The second-order valence-electron chi connectivity index (χ2n) is 6.03. The number of Topliss-reactive ketones (excluding diaryl/α,β-unsaturated/α-hetero) is 1. The summed E-state index contributed by atoms with van der Waals surface area (Å²) in [4.78, 5) is 12.4. The van der Waals surface area contributed by atoms with E-state index in [2.05, 4.69) is 37.4 Å². The van der Waals surface area contributed by atoms with Gasteiger partial charge in [0.15, 0.2) is 0 Å². The molecule has 3 unspecified atom stereocenters. The van der Waals surface area contributed by atoms with Gasteiger partial charge >= 0.3 is 0 Å². The Hall–Kier alpha value is -1.15. The highest BCUT2D eigenvalue weighted by Gasteiger charge is 2.42. The van der Waals surface area contributed by atoms with Gasteiger partial charge in [-0.05, 0) is 38.7 Å². The van der Waals surface area contributed by atoms with E-state index < -0.39 is 0 Å². The second-order valence-corrected chi connectivity index (χ2v) is 6.03. The maximum absolute atomic E-state index is 12.4. The number of rotatable bonds is 3. The van der Waals surface area contributed by atoms with Crippen molar-refractivity contribution in [1.29, 1.82) is 0 Å². The Kier molecular flexibility index (Phi) is 2.98. The highest BCUT2D eigenvalue weighted by Crippen LogP contribution is 2.34. The topological polar surface area (TPSA) is 29.1 Å². The van der Waals surface area contributed by atoms with E-state index in [0.717, 1.165) is 6.42 Å². The van der Waals surface area contributed by atoms with E-state index in [1.807, 2.05) is 0 Å². The second kappa shape index (κ2) is 4.51. The third-order valence-electron chi connectivity index (χ3n) is 4.37. The summed E-state index contributed by atoms with van der Waals surface area (Å²) in [6.07, 6.45) is 4.12. The molecule has 2 heterocycles. The molecule has 2 saturated heterocycles. The average Bonchev–Trinajstić information content (AvgIpc) is 2.88. The monoisotopic (exact) mass is 243 g/mol. The number of fused-ring (bicyclic) bond motifs is 2. The van der Waals surface area contributed by atoms with E-state index in [9.17, 15) is 4.79 Å². The molecule has 2 aliphatic heterocycles. The van der Waals surface area contributed by atoms with Gasteiger partial charge in [0.1, 0.15) is 5.78 Å². The molecule has 0 amide bonds. The molecule has 2 fully saturated rings. The van der Waals surface area contributed by atoms with Crippen molar-refractivity contribution in [3.8, 4) is 0 Å². The van der Waals surface area contributed by atoms with Gasteiger partial charge in [-0.15, -0.1) is 0 Å². The largest absolute Gasteiger partial charge is 0.310 e. The first kappa shape index (κ1) is 11.9. The lowest BCUT2D eigenvalue weighted by atomic mass is 9.84. The van der Waals surface area contributed by atoms with Gasteiger partial charge in [-0.1, -0.05) is 29.3 Å². The summed E-state index contributed by atoms with van der Waals surface area (Å²) in [6.45, 7) is 4.19. The van der Waals surface area contributed by atoms with Crippen LogP contribution in [-0.4, -0.2) is 17.9 Å². The van der Waals surface area contributed by atoms with Crippen LogP contribution in [0.5, 0.6) is 0 Å². The Morgan fingerprint density at radius 3 is 2.50 bits per heavy atom. The molecule has 2 nitrogen and oxygen atoms in total. The van der Waals surface area contributed by atoms with Crippen LogP contribution in [0.25, 0.3) is 0 Å². The molecule has 0 aliphatic carbocycles. The van der Waals surface area contributed by atoms with Crippen LogP contribution in [0.2, 0.25) is 0 Å². The molecule has 0 saturated carbocycles. The van der Waals surface area contributed by atoms with E-state index >= 15 is 0 Å². The summed E-state index contributed by atoms with van der Waals surface area (Å²) < 4.78 is 0. The summed E-state index contributed by atoms with van der Waals surface area (Å²) in [5, 5.41) is 3.55. The van der Waals surface area contributed by atoms with Crippen molar-refractivity contribution in [2.75, 3.05) is 0 Å². The minimum Gasteiger partial charge on any atom is -0.310 e. The van der Waals surface area contributed by atoms with Crippen LogP contribution in [0.15, 0.2) is 18.2 Å². The number of hydrogen-bond acceptors (Lipinski definition) is 2. The highest BCUT2D eigenvalue weighted by atomic mass is 16.1. The molecule has 18 heavy (non-hydrogen) atoms. The Labute approximate surface area is 109 Å². The van der Waals surface area contributed by atoms with E-state index in [-0.39, 0.29) is 5.92 Å². The molecular formula is C16H21NO. The van der Waals surface area contributed by atoms with Gasteiger partial charge in [-0.2, -0.15) is 0 Å². The molecular weight excluding hydrogens is 222 g/mol. The lowest BCUT2D eigenvalue weighted by Crippen LogP contribution is -2.29. The summed E-state index contributed by atoms with van der Waals surface area (Å²) in [6, 6.07) is 7.53. The first-order valence-electron chi connectivity index (χ1n) is 6.98. The van der Waals surface area contributed by atoms with Crippen LogP contribution in [0.3, 0.4) is 0 Å². The predicted octanol–water partition coefficient (Wildman–Crippen LogP) is 2.56. The maximum Gasteiger partial charge on any atom is 0.141 e. The third-order valence-corrected chi connectivity index (χ3v) is 4.37. The fraction of sp³-hybridized carbons (Fsp3) is 0.562. The number of nitrogens with one attached hydrogen (secondary N) is 1. The molecule has 2 aliphatic rings. The lowest BCUT2D eigenvalue weighted by Gasteiger charge is -2.18. The standard InChI is InChI=1S/C16H21NO/c1-10-5-11(2)7-12(6-10)8-16(18)14-9-13-3-4-15(14)17-13/h5-7,13-15,17H,3-4,8-9H2,1-2H3. The van der Waals surface area contributed by atoms with Crippen molar-refractivity contribution >= 4 is 5.78 Å². The number of benzene rings is 1. The number of hydrogen-bond donors (Lipinski definition) is 1. The van der Waals surface area contributed by atoms with Crippen molar-refractivity contribution in [2.24, 2.45) is 5.92 Å². The summed E-state index contributed by atoms with van der Waals surface area (Å²) >= 11 is 0. The van der Waals surface area contributed by atoms with Gasteiger partial charge < -0.3 is 5.32 Å². The zero-order chi connectivity index (χ0) is 12.7. The van der Waals surface area contributed by atoms with Crippen LogP contribution in [-0.2, 0) is 11.2 Å². The Balaban J connectivity index is 1.70. The first-order valence-corrected chi connectivity index (χ1v) is 6.98. The predicted molar refractivity (Wildman–Crippen MR) is 72.7 cm³/mol. The molecule has 0 radical (unpaired) electrons. The number of carbonyl (C=O) groups is 1. The van der Waals surface area contributed by atoms with Crippen molar-refractivity contribution in [2.45, 2.75) is 51.6 Å². The zero-order valence-electron chi connectivity index (χ0n) is 11.2. The lowest BCUT2D eigenvalue weighted by molar-refractivity contribution is -0.122. The van der Waals surface area contributed by atoms with Crippen LogP contribution < -0.4 is 5.32 Å². The average molecular weight is 243 g/mol. The van der Waals surface area contributed by atoms with Crippen LogP contribution in [0.1, 0.15) is 36.0 Å². The fourth-order valence-corrected chi connectivity index (χ4v) is 3.68. The number of ketones is 1. The van der Waals surface area contributed by atoms with E-state index in [1.54, 1.807) is 0 Å². The molecule has 96 valence electrons. The zero-order valence-corrected chi connectivity index (χ0v) is 11.2. The Bertz CT molecular complexity index is 460. The summed E-state index contributed by atoms with van der Waals surface area (Å²) in [5.41, 5.74) is 3.69. The third kappa shape index (κ3) is 2.22. The number of carbonyl (C=O) groups excluding carboxylic acids is 1. The Morgan fingerprint density at radius 2 is 1.94 bits per heavy atom. The van der Waals surface area contributed by atoms with Crippen molar-refractivity contribution < 1.29 is 4.79 Å². The minimum atomic E-state index is 0.268.